The molecule has 2 rings (SSSR count). The van der Waals surface area contributed by atoms with Gasteiger partial charge in [-0.3, -0.25) is 4.98 Å². The maximum atomic E-state index is 8.76. The fraction of sp³-hybridized carbons (Fsp3) is 0.200. The van der Waals surface area contributed by atoms with Gasteiger partial charge in [-0.15, -0.1) is 0 Å². The average molecular weight is 272 g/mol. The quantitative estimate of drug-likeness (QED) is 0.851. The molecular weight excluding hydrogens is 258 g/mol. The maximum Gasteiger partial charge on any atom is 0.0992 e. The Morgan fingerprint density at radius 2 is 2.16 bits per heavy atom. The van der Waals surface area contributed by atoms with E-state index in [1.807, 2.05) is 24.3 Å². The third kappa shape index (κ3) is 4.06. The van der Waals surface area contributed by atoms with Crippen molar-refractivity contribution in [1.29, 1.82) is 5.26 Å². The number of nitrogens with one attached hydrogen (secondary N) is 1. The average Bonchev–Trinajstić information content (AvgIpc) is 2.46. The second-order valence-electron chi connectivity index (χ2n) is 4.17. The molecule has 4 heteroatoms. The van der Waals surface area contributed by atoms with Gasteiger partial charge in [-0.25, -0.2) is 0 Å². The van der Waals surface area contributed by atoms with Gasteiger partial charge in [0.05, 0.1) is 11.6 Å². The molecule has 1 aromatic heterocycles. The van der Waals surface area contributed by atoms with E-state index in [1.54, 1.807) is 18.3 Å². The summed E-state index contributed by atoms with van der Waals surface area (Å²) in [7, 11) is 0. The van der Waals surface area contributed by atoms with Crippen LogP contribution in [-0.4, -0.2) is 11.5 Å². The molecule has 0 amide bonds. The van der Waals surface area contributed by atoms with Crippen molar-refractivity contribution in [2.75, 3.05) is 6.54 Å². The molecule has 0 fully saturated rings. The molecule has 0 atom stereocenters. The molecule has 3 nitrogen and oxygen atoms in total. The van der Waals surface area contributed by atoms with E-state index in [0.29, 0.717) is 17.1 Å². The van der Waals surface area contributed by atoms with Crippen molar-refractivity contribution in [3.8, 4) is 6.07 Å². The molecule has 0 saturated heterocycles. The predicted molar refractivity (Wildman–Crippen MR) is 75.8 cm³/mol. The molecule has 96 valence electrons. The molecule has 0 spiro atoms. The zero-order valence-corrected chi connectivity index (χ0v) is 11.2. The highest BCUT2D eigenvalue weighted by Gasteiger charge is 2.01. The Hall–Kier alpha value is -1.89. The van der Waals surface area contributed by atoms with E-state index in [4.69, 9.17) is 16.9 Å². The summed E-state index contributed by atoms with van der Waals surface area (Å²) in [6.45, 7) is 1.53. The fourth-order valence-corrected chi connectivity index (χ4v) is 1.99. The van der Waals surface area contributed by atoms with Crippen LogP contribution < -0.4 is 5.32 Å². The highest BCUT2D eigenvalue weighted by atomic mass is 35.5. The predicted octanol–water partition coefficient (Wildman–Crippen LogP) is 2.94. The Kier molecular flexibility index (Phi) is 4.91. The molecule has 0 aliphatic heterocycles. The van der Waals surface area contributed by atoms with Gasteiger partial charge in [-0.2, -0.15) is 5.26 Å². The summed E-state index contributed by atoms with van der Waals surface area (Å²) in [5.41, 5.74) is 2.66. The van der Waals surface area contributed by atoms with Crippen LogP contribution in [0.25, 0.3) is 0 Å². The Balaban J connectivity index is 1.82. The van der Waals surface area contributed by atoms with Gasteiger partial charge in [0, 0.05) is 36.4 Å². The van der Waals surface area contributed by atoms with E-state index in [-0.39, 0.29) is 0 Å². The SMILES string of the molecule is N#Cc1ccc(CNCCc2ccccn2)c(Cl)c1. The zero-order valence-electron chi connectivity index (χ0n) is 10.4. The number of pyridine rings is 1. The number of halogens is 1. The summed E-state index contributed by atoms with van der Waals surface area (Å²) in [5.74, 6) is 0. The first-order valence-corrected chi connectivity index (χ1v) is 6.46. The van der Waals surface area contributed by atoms with Gasteiger partial charge in [0.1, 0.15) is 0 Å². The lowest BCUT2D eigenvalue weighted by atomic mass is 10.1. The molecule has 19 heavy (non-hydrogen) atoms. The first kappa shape index (κ1) is 13.5. The summed E-state index contributed by atoms with van der Waals surface area (Å²) in [6, 6.07) is 13.3. The van der Waals surface area contributed by atoms with Gasteiger partial charge in [0.2, 0.25) is 0 Å². The monoisotopic (exact) mass is 271 g/mol. The van der Waals surface area contributed by atoms with Crippen molar-refractivity contribution in [3.05, 3.63) is 64.4 Å². The van der Waals surface area contributed by atoms with Crippen LogP contribution in [0.2, 0.25) is 5.02 Å². The number of aromatic nitrogens is 1. The van der Waals surface area contributed by atoms with Gasteiger partial charge < -0.3 is 5.32 Å². The lowest BCUT2D eigenvalue weighted by molar-refractivity contribution is 0.680. The number of nitrogens with zero attached hydrogens (tertiary/aromatic N) is 2. The van der Waals surface area contributed by atoms with Crippen LogP contribution in [-0.2, 0) is 13.0 Å². The van der Waals surface area contributed by atoms with Gasteiger partial charge in [0.25, 0.3) is 0 Å². The summed E-state index contributed by atoms with van der Waals surface area (Å²) in [6.07, 6.45) is 2.68. The highest BCUT2D eigenvalue weighted by molar-refractivity contribution is 6.31. The van der Waals surface area contributed by atoms with Crippen molar-refractivity contribution in [1.82, 2.24) is 10.3 Å². The second kappa shape index (κ2) is 6.89. The van der Waals surface area contributed by atoms with Gasteiger partial charge >= 0.3 is 0 Å². The van der Waals surface area contributed by atoms with Crippen LogP contribution in [0.4, 0.5) is 0 Å². The molecular formula is C15H14ClN3. The first-order chi connectivity index (χ1) is 9.29. The van der Waals surface area contributed by atoms with Crippen molar-refractivity contribution in [2.45, 2.75) is 13.0 Å². The molecule has 0 unspecified atom stereocenters. The van der Waals surface area contributed by atoms with E-state index >= 15 is 0 Å². The summed E-state index contributed by atoms with van der Waals surface area (Å²) in [5, 5.41) is 12.7. The molecule has 0 bridgehead atoms. The standard InChI is InChI=1S/C15H14ClN3/c16-15-9-12(10-17)4-5-13(15)11-18-8-6-14-3-1-2-7-19-14/h1-5,7,9,18H,6,8,11H2. The van der Waals surface area contributed by atoms with Crippen molar-refractivity contribution in [2.24, 2.45) is 0 Å². The third-order valence-corrected chi connectivity index (χ3v) is 3.13. The number of hydrogen-bond donors (Lipinski definition) is 1. The van der Waals surface area contributed by atoms with Crippen LogP contribution in [0.15, 0.2) is 42.6 Å². The highest BCUT2D eigenvalue weighted by Crippen LogP contribution is 2.17. The Bertz CT molecular complexity index is 576. The molecule has 1 N–H and O–H groups in total. The maximum absolute atomic E-state index is 8.76. The normalized spacial score (nSPS) is 10.1. The van der Waals surface area contributed by atoms with Crippen LogP contribution in [0.3, 0.4) is 0 Å². The van der Waals surface area contributed by atoms with E-state index < -0.39 is 0 Å². The smallest absolute Gasteiger partial charge is 0.0992 e. The van der Waals surface area contributed by atoms with Gasteiger partial charge in [-0.05, 0) is 29.8 Å². The zero-order chi connectivity index (χ0) is 13.5. The Morgan fingerprint density at radius 1 is 1.26 bits per heavy atom. The summed E-state index contributed by atoms with van der Waals surface area (Å²) < 4.78 is 0. The summed E-state index contributed by atoms with van der Waals surface area (Å²) >= 11 is 6.10. The molecule has 2 aromatic rings. The fourth-order valence-electron chi connectivity index (χ4n) is 1.75. The van der Waals surface area contributed by atoms with E-state index in [1.165, 1.54) is 0 Å². The molecule has 0 aliphatic carbocycles. The van der Waals surface area contributed by atoms with Crippen molar-refractivity contribution < 1.29 is 0 Å². The minimum absolute atomic E-state index is 0.585. The van der Waals surface area contributed by atoms with Crippen LogP contribution >= 0.6 is 11.6 Å². The lowest BCUT2D eigenvalue weighted by Crippen LogP contribution is -2.17. The molecule has 1 heterocycles. The van der Waals surface area contributed by atoms with Crippen molar-refractivity contribution >= 4 is 11.6 Å². The van der Waals surface area contributed by atoms with Gasteiger partial charge in [-0.1, -0.05) is 23.7 Å². The van der Waals surface area contributed by atoms with Crippen LogP contribution in [0.5, 0.6) is 0 Å². The molecule has 0 aliphatic rings. The minimum Gasteiger partial charge on any atom is -0.312 e. The van der Waals surface area contributed by atoms with Crippen molar-refractivity contribution in [3.63, 3.8) is 0 Å². The largest absolute Gasteiger partial charge is 0.312 e. The Morgan fingerprint density at radius 3 is 2.84 bits per heavy atom. The molecule has 0 saturated carbocycles. The number of rotatable bonds is 5. The summed E-state index contributed by atoms with van der Waals surface area (Å²) in [4.78, 5) is 4.26. The molecule has 1 aromatic carbocycles. The number of nitriles is 1. The van der Waals surface area contributed by atoms with E-state index in [0.717, 1.165) is 24.2 Å². The van der Waals surface area contributed by atoms with Crippen LogP contribution in [0.1, 0.15) is 16.8 Å². The number of benzene rings is 1. The first-order valence-electron chi connectivity index (χ1n) is 6.09. The van der Waals surface area contributed by atoms with Gasteiger partial charge in [0.15, 0.2) is 0 Å². The van der Waals surface area contributed by atoms with Crippen LogP contribution in [0, 0.1) is 11.3 Å². The van der Waals surface area contributed by atoms with E-state index in [9.17, 15) is 0 Å². The third-order valence-electron chi connectivity index (χ3n) is 2.78. The van der Waals surface area contributed by atoms with E-state index in [2.05, 4.69) is 16.4 Å². The minimum atomic E-state index is 0.585. The number of hydrogen-bond acceptors (Lipinski definition) is 3. The molecule has 0 radical (unpaired) electrons. The topological polar surface area (TPSA) is 48.7 Å². The Labute approximate surface area is 117 Å². The lowest BCUT2D eigenvalue weighted by Gasteiger charge is -2.06. The second-order valence-corrected chi connectivity index (χ2v) is 4.57.